The molecule has 0 radical (unpaired) electrons. The molecular formula is C27H15ClNO5+. The first-order chi connectivity index (χ1) is 16.5. The second-order valence-corrected chi connectivity index (χ2v) is 8.40. The van der Waals surface area contributed by atoms with Crippen LogP contribution in [-0.4, -0.2) is 29.4 Å². The van der Waals surface area contributed by atoms with Gasteiger partial charge in [-0.3, -0.25) is 9.59 Å². The molecule has 7 heteroatoms. The minimum absolute atomic E-state index is 0.0234. The lowest BCUT2D eigenvalue weighted by molar-refractivity contribution is -0.362. The number of nitrogens with one attached hydrogen (secondary N) is 1. The van der Waals surface area contributed by atoms with Gasteiger partial charge in [0, 0.05) is 28.3 Å². The second kappa shape index (κ2) is 7.64. The molecule has 1 aliphatic heterocycles. The Bertz CT molecular complexity index is 1510. The highest BCUT2D eigenvalue weighted by atomic mass is 35.5. The molecule has 164 valence electrons. The van der Waals surface area contributed by atoms with Crippen LogP contribution in [0.25, 0.3) is 0 Å². The molecule has 1 heterocycles. The highest BCUT2D eigenvalue weighted by molar-refractivity contribution is 6.31. The van der Waals surface area contributed by atoms with Crippen LogP contribution in [0.1, 0.15) is 42.2 Å². The highest BCUT2D eigenvalue weighted by Crippen LogP contribution is 2.42. The van der Waals surface area contributed by atoms with Crippen molar-refractivity contribution in [1.82, 2.24) is 0 Å². The third-order valence-electron chi connectivity index (χ3n) is 5.91. The van der Waals surface area contributed by atoms with Crippen molar-refractivity contribution < 1.29 is 28.8 Å². The Morgan fingerprint density at radius 2 is 1.65 bits per heavy atom. The van der Waals surface area contributed by atoms with E-state index in [4.69, 9.17) is 21.1 Å². The van der Waals surface area contributed by atoms with E-state index in [9.17, 15) is 14.4 Å². The molecule has 6 rings (SSSR count). The molecule has 1 unspecified atom stereocenters. The average molecular weight is 469 g/mol. The third kappa shape index (κ3) is 3.11. The monoisotopic (exact) mass is 468 g/mol. The van der Waals surface area contributed by atoms with Gasteiger partial charge in [-0.15, -0.1) is 0 Å². The maximum Gasteiger partial charge on any atom is 0.343 e. The summed E-state index contributed by atoms with van der Waals surface area (Å²) in [5, 5.41) is 0.473. The summed E-state index contributed by atoms with van der Waals surface area (Å²) in [6.07, 6.45) is 7.01. The zero-order valence-corrected chi connectivity index (χ0v) is 18.3. The van der Waals surface area contributed by atoms with Gasteiger partial charge in [0.05, 0.1) is 11.1 Å². The molecule has 2 aliphatic carbocycles. The lowest BCUT2D eigenvalue weighted by Crippen LogP contribution is -2.72. The topological polar surface area (TPSA) is 83.6 Å². The van der Waals surface area contributed by atoms with Crippen molar-refractivity contribution in [2.45, 2.75) is 6.10 Å². The van der Waals surface area contributed by atoms with Gasteiger partial charge in [-0.1, -0.05) is 48.0 Å². The van der Waals surface area contributed by atoms with E-state index in [2.05, 4.69) is 4.99 Å². The van der Waals surface area contributed by atoms with Crippen LogP contribution in [0.5, 0.6) is 11.5 Å². The van der Waals surface area contributed by atoms with Gasteiger partial charge in [0.25, 0.3) is 5.69 Å². The largest absolute Gasteiger partial charge is 0.468 e. The van der Waals surface area contributed by atoms with Crippen LogP contribution in [0.15, 0.2) is 78.9 Å². The predicted octanol–water partition coefficient (Wildman–Crippen LogP) is 3.37. The number of halogens is 1. The van der Waals surface area contributed by atoms with Crippen molar-refractivity contribution in [2.75, 3.05) is 0 Å². The predicted molar refractivity (Wildman–Crippen MR) is 124 cm³/mol. The summed E-state index contributed by atoms with van der Waals surface area (Å²) < 4.78 is 11.8. The van der Waals surface area contributed by atoms with Gasteiger partial charge in [0.2, 0.25) is 17.6 Å². The summed E-state index contributed by atoms with van der Waals surface area (Å²) in [5.74, 6) is -1.17. The number of carbonyl (C=O) groups excluding carboxylic acids is 3. The second-order valence-electron chi connectivity index (χ2n) is 7.96. The number of rotatable bonds is 2. The molecule has 0 aromatic heterocycles. The average Bonchev–Trinajstić information content (AvgIpc) is 2.86. The molecule has 1 atom stereocenters. The zero-order chi connectivity index (χ0) is 23.4. The molecule has 0 saturated carbocycles. The molecule has 0 saturated heterocycles. The Morgan fingerprint density at radius 1 is 0.941 bits per heavy atom. The summed E-state index contributed by atoms with van der Waals surface area (Å²) in [5.41, 5.74) is 2.05. The molecule has 3 aromatic carbocycles. The highest BCUT2D eigenvalue weighted by Gasteiger charge is 2.42. The van der Waals surface area contributed by atoms with E-state index in [1.165, 1.54) is 18.2 Å². The van der Waals surface area contributed by atoms with E-state index < -0.39 is 17.9 Å². The molecule has 0 amide bonds. The Morgan fingerprint density at radius 3 is 2.38 bits per heavy atom. The molecule has 1 N–H and O–H groups in total. The van der Waals surface area contributed by atoms with Crippen LogP contribution in [0.2, 0.25) is 5.02 Å². The third-order valence-corrected chi connectivity index (χ3v) is 6.16. The number of carbonyl (C=O) groups is 3. The van der Waals surface area contributed by atoms with Gasteiger partial charge in [-0.25, -0.2) is 9.79 Å². The van der Waals surface area contributed by atoms with Crippen LogP contribution in [0, 0.1) is 0 Å². The van der Waals surface area contributed by atoms with Gasteiger partial charge in [-0.2, -0.15) is 0 Å². The standard InChI is InChI=1S/C27H14ClNO5/c28-15-11-9-14(10-12-15)27(32)34-20-13-21-24(29-18-7-3-4-8-19(18)33-21)23-22(20)25(30)16-5-1-2-6-17(16)26(23)31/h1-13,19H/p+1. The van der Waals surface area contributed by atoms with Gasteiger partial charge in [0.15, 0.2) is 11.5 Å². The van der Waals surface area contributed by atoms with Crippen LogP contribution >= 0.6 is 11.6 Å². The summed E-state index contributed by atoms with van der Waals surface area (Å²) in [7, 11) is 0. The summed E-state index contributed by atoms with van der Waals surface area (Å²) in [4.78, 5) is 43.3. The van der Waals surface area contributed by atoms with Gasteiger partial charge in [0.1, 0.15) is 11.3 Å². The molecule has 34 heavy (non-hydrogen) atoms. The van der Waals surface area contributed by atoms with Gasteiger partial charge in [-0.05, 0) is 30.3 Å². The normalized spacial score (nSPS) is 17.1. The first-order valence-electron chi connectivity index (χ1n) is 10.5. The van der Waals surface area contributed by atoms with Crippen molar-refractivity contribution in [3.05, 3.63) is 112 Å². The summed E-state index contributed by atoms with van der Waals surface area (Å²) >= 11 is 5.92. The van der Waals surface area contributed by atoms with Gasteiger partial charge >= 0.3 is 5.97 Å². The number of fused-ring (bicyclic) bond motifs is 5. The Hall–Kier alpha value is -4.29. The fourth-order valence-corrected chi connectivity index (χ4v) is 4.42. The van der Waals surface area contributed by atoms with E-state index >= 15 is 0 Å². The Labute approximate surface area is 198 Å². The van der Waals surface area contributed by atoms with Crippen molar-refractivity contribution >= 4 is 40.5 Å². The number of ether oxygens (including phenoxy) is 2. The van der Waals surface area contributed by atoms with Crippen LogP contribution in [0.3, 0.4) is 0 Å². The minimum Gasteiger partial charge on any atom is -0.468 e. The molecule has 6 nitrogen and oxygen atoms in total. The maximum atomic E-state index is 13.6. The van der Waals surface area contributed by atoms with E-state index in [1.54, 1.807) is 36.4 Å². The molecule has 0 spiro atoms. The molecule has 3 aromatic rings. The SMILES string of the molecule is O=C(Oc1cc2c(c3c1C(=O)c1ccccc1C3=O)[NH+]=C1C=CC=CC1O2)c1ccc(Cl)cc1. The number of esters is 1. The number of hydrogen-bond donors (Lipinski definition) is 1. The number of allylic oxidation sites excluding steroid dienone is 2. The Balaban J connectivity index is 1.55. The number of hydrogen-bond acceptors (Lipinski definition) is 5. The fraction of sp³-hybridized carbons (Fsp3) is 0.0370. The van der Waals surface area contributed by atoms with E-state index in [0.29, 0.717) is 16.5 Å². The molecular weight excluding hydrogens is 454 g/mol. The minimum atomic E-state index is -0.686. The van der Waals surface area contributed by atoms with Crippen molar-refractivity contribution in [2.24, 2.45) is 0 Å². The van der Waals surface area contributed by atoms with Crippen molar-refractivity contribution in [3.8, 4) is 11.5 Å². The van der Waals surface area contributed by atoms with Crippen LogP contribution < -0.4 is 14.5 Å². The van der Waals surface area contributed by atoms with Crippen molar-refractivity contribution in [1.29, 1.82) is 0 Å². The maximum absolute atomic E-state index is 13.6. The van der Waals surface area contributed by atoms with E-state index in [-0.39, 0.29) is 39.4 Å². The summed E-state index contributed by atoms with van der Waals surface area (Å²) in [6.45, 7) is 0. The van der Waals surface area contributed by atoms with Crippen LogP contribution in [0.4, 0.5) is 5.69 Å². The molecule has 0 fully saturated rings. The quantitative estimate of drug-likeness (QED) is 0.360. The number of ketones is 2. The van der Waals surface area contributed by atoms with E-state index in [0.717, 1.165) is 5.71 Å². The summed E-state index contributed by atoms with van der Waals surface area (Å²) in [6, 6.07) is 14.3. The Kier molecular flexibility index (Phi) is 4.57. The van der Waals surface area contributed by atoms with Crippen LogP contribution in [-0.2, 0) is 0 Å². The zero-order valence-electron chi connectivity index (χ0n) is 17.5. The van der Waals surface area contributed by atoms with E-state index in [1.807, 2.05) is 24.3 Å². The lowest BCUT2D eigenvalue weighted by Gasteiger charge is -2.25. The lowest BCUT2D eigenvalue weighted by atomic mass is 9.82. The smallest absolute Gasteiger partial charge is 0.343 e. The fourth-order valence-electron chi connectivity index (χ4n) is 4.30. The number of benzene rings is 3. The molecule has 3 aliphatic rings. The molecule has 0 bridgehead atoms. The first-order valence-corrected chi connectivity index (χ1v) is 10.9. The van der Waals surface area contributed by atoms with Gasteiger partial charge < -0.3 is 9.47 Å². The van der Waals surface area contributed by atoms with Crippen molar-refractivity contribution in [3.63, 3.8) is 0 Å². The first kappa shape index (κ1) is 20.3.